The fourth-order valence-electron chi connectivity index (χ4n) is 2.49. The van der Waals surface area contributed by atoms with Crippen molar-refractivity contribution in [3.05, 3.63) is 47.1 Å². The molecule has 0 aliphatic rings. The monoisotopic (exact) mass is 532 g/mol. The molecule has 3 rings (SSSR count). The van der Waals surface area contributed by atoms with Crippen molar-refractivity contribution in [3.8, 4) is 17.3 Å². The number of hydrogen-bond donors (Lipinski definition) is 2. The molecule has 0 atom stereocenters. The Morgan fingerprint density at radius 3 is 2.21 bits per heavy atom. The van der Waals surface area contributed by atoms with E-state index in [-0.39, 0.29) is 81.2 Å². The minimum absolute atomic E-state index is 0. The Kier molecular flexibility index (Phi) is 10.1. The normalized spacial score (nSPS) is 11.8. The standard InChI is InChI=1S/C16H13ClN4O8S2.2Na/c1-8-14(19-18-12-5-9(17)6-13(15(12)22)31(27,28)29)16(23)21(20-8)10-3-2-4-11(7-10)30(24,25)26;;/h2-7,22-23H,1H3,(H,24,25,26)(H,27,28,29);;/q;2*+1/p-2. The van der Waals surface area contributed by atoms with Crippen molar-refractivity contribution < 1.29 is 95.3 Å². The zero-order valence-corrected chi connectivity index (χ0v) is 23.7. The summed E-state index contributed by atoms with van der Waals surface area (Å²) in [4.78, 5) is -1.47. The average Bonchev–Trinajstić information content (AvgIpc) is 2.94. The predicted octanol–water partition coefficient (Wildman–Crippen LogP) is -4.10. The Balaban J connectivity index is 0.00000272. The minimum Gasteiger partial charge on any atom is -0.870 e. The smallest absolute Gasteiger partial charge is 0.870 e. The van der Waals surface area contributed by atoms with Crippen molar-refractivity contribution in [1.29, 1.82) is 0 Å². The first-order chi connectivity index (χ1) is 14.3. The van der Waals surface area contributed by atoms with Crippen LogP contribution in [-0.4, -0.2) is 35.7 Å². The van der Waals surface area contributed by atoms with Crippen molar-refractivity contribution in [2.45, 2.75) is 16.7 Å². The summed E-state index contributed by atoms with van der Waals surface area (Å²) in [6.07, 6.45) is 0. The second-order valence-electron chi connectivity index (χ2n) is 6.05. The molecule has 2 aromatic carbocycles. The Labute approximate surface area is 237 Å². The van der Waals surface area contributed by atoms with Crippen LogP contribution in [0.4, 0.5) is 11.4 Å². The zero-order chi connectivity index (χ0) is 23.1. The fraction of sp³-hybridized carbons (Fsp3) is 0.0625. The number of hydrogen-bond acceptors (Lipinski definition) is 9. The van der Waals surface area contributed by atoms with Crippen LogP contribution >= 0.6 is 11.6 Å². The number of aromatic nitrogens is 2. The molecule has 0 saturated heterocycles. The minimum atomic E-state index is -4.87. The van der Waals surface area contributed by atoms with Crippen molar-refractivity contribution in [2.75, 3.05) is 0 Å². The topological polar surface area (TPSA) is 197 Å². The van der Waals surface area contributed by atoms with E-state index in [0.29, 0.717) is 0 Å². The van der Waals surface area contributed by atoms with Crippen LogP contribution in [0.5, 0.6) is 11.6 Å². The molecule has 0 fully saturated rings. The summed E-state index contributed by atoms with van der Waals surface area (Å²) in [5, 5.41) is 35.8. The van der Waals surface area contributed by atoms with E-state index in [1.165, 1.54) is 19.1 Å². The maximum absolute atomic E-state index is 12.6. The van der Waals surface area contributed by atoms with Crippen LogP contribution in [0.25, 0.3) is 5.69 Å². The van der Waals surface area contributed by atoms with Crippen LogP contribution in [0.2, 0.25) is 5.02 Å². The Morgan fingerprint density at radius 1 is 1.00 bits per heavy atom. The summed E-state index contributed by atoms with van der Waals surface area (Å²) >= 11 is 5.74. The number of azo groups is 1. The van der Waals surface area contributed by atoms with Gasteiger partial charge in [-0.2, -0.15) is 27.0 Å². The molecule has 12 nitrogen and oxygen atoms in total. The number of aryl methyl sites for hydroxylation is 1. The van der Waals surface area contributed by atoms with E-state index in [4.69, 9.17) is 20.7 Å². The van der Waals surface area contributed by atoms with Gasteiger partial charge in [0, 0.05) is 10.9 Å². The number of halogens is 1. The second-order valence-corrected chi connectivity index (χ2v) is 9.30. The van der Waals surface area contributed by atoms with Gasteiger partial charge in [0.15, 0.2) is 0 Å². The molecule has 17 heteroatoms. The molecule has 0 unspecified atom stereocenters. The molecular formula is C16H11ClN4Na2O8S2. The number of benzene rings is 2. The van der Waals surface area contributed by atoms with Gasteiger partial charge in [-0.3, -0.25) is 9.11 Å². The van der Waals surface area contributed by atoms with E-state index < -0.39 is 47.3 Å². The molecule has 0 saturated carbocycles. The maximum Gasteiger partial charge on any atom is 1.00 e. The molecule has 2 N–H and O–H groups in total. The molecule has 0 aliphatic heterocycles. The molecule has 1 heterocycles. The van der Waals surface area contributed by atoms with E-state index in [9.17, 15) is 27.0 Å². The van der Waals surface area contributed by atoms with Crippen molar-refractivity contribution >= 4 is 43.2 Å². The van der Waals surface area contributed by atoms with Gasteiger partial charge >= 0.3 is 59.1 Å². The van der Waals surface area contributed by atoms with Crippen LogP contribution in [0.15, 0.2) is 56.4 Å². The Bertz CT molecular complexity index is 1440. The van der Waals surface area contributed by atoms with Crippen LogP contribution < -0.4 is 69.3 Å². The molecule has 0 spiro atoms. The third kappa shape index (κ3) is 6.76. The molecule has 164 valence electrons. The number of nitrogens with zero attached hydrogens (tertiary/aromatic N) is 4. The van der Waals surface area contributed by atoms with Crippen molar-refractivity contribution in [2.24, 2.45) is 10.2 Å². The summed E-state index contributed by atoms with van der Waals surface area (Å²) < 4.78 is 64.3. The Morgan fingerprint density at radius 2 is 1.64 bits per heavy atom. The van der Waals surface area contributed by atoms with Gasteiger partial charge in [0.1, 0.15) is 5.69 Å². The van der Waals surface area contributed by atoms with Crippen molar-refractivity contribution in [3.63, 3.8) is 0 Å². The first-order valence-electron chi connectivity index (χ1n) is 8.03. The molecule has 0 amide bonds. The third-order valence-electron chi connectivity index (χ3n) is 3.88. The molecule has 0 aliphatic carbocycles. The van der Waals surface area contributed by atoms with E-state index >= 15 is 0 Å². The van der Waals surface area contributed by atoms with Crippen molar-refractivity contribution in [1.82, 2.24) is 9.78 Å². The summed E-state index contributed by atoms with van der Waals surface area (Å²) in [5.74, 6) is -2.02. The molecule has 3 aromatic rings. The van der Waals surface area contributed by atoms with E-state index in [1.54, 1.807) is 0 Å². The zero-order valence-electron chi connectivity index (χ0n) is 17.3. The first kappa shape index (κ1) is 30.0. The van der Waals surface area contributed by atoms with E-state index in [0.717, 1.165) is 28.9 Å². The van der Waals surface area contributed by atoms with Gasteiger partial charge in [0.2, 0.25) is 0 Å². The predicted molar refractivity (Wildman–Crippen MR) is 102 cm³/mol. The average molecular weight is 533 g/mol. The summed E-state index contributed by atoms with van der Waals surface area (Å²) in [5.41, 5.74) is -0.828. The summed E-state index contributed by atoms with van der Waals surface area (Å²) in [7, 11) is -9.39. The maximum atomic E-state index is 12.6. The third-order valence-corrected chi connectivity index (χ3v) is 5.81. The summed E-state index contributed by atoms with van der Waals surface area (Å²) in [6.45, 7) is 1.39. The van der Waals surface area contributed by atoms with Crippen LogP contribution in [0, 0.1) is 6.92 Å². The molecule has 0 radical (unpaired) electrons. The van der Waals surface area contributed by atoms with Crippen LogP contribution in [0.3, 0.4) is 0 Å². The van der Waals surface area contributed by atoms with Gasteiger partial charge in [0.25, 0.3) is 20.2 Å². The molecule has 33 heavy (non-hydrogen) atoms. The van der Waals surface area contributed by atoms with Gasteiger partial charge in [-0.25, -0.2) is 4.68 Å². The van der Waals surface area contributed by atoms with Gasteiger partial charge in [-0.05, 0) is 37.3 Å². The number of rotatable bonds is 5. The molecular weight excluding hydrogens is 522 g/mol. The van der Waals surface area contributed by atoms with Gasteiger partial charge in [0.05, 0.1) is 26.9 Å². The molecule has 0 bridgehead atoms. The largest absolute Gasteiger partial charge is 1.00 e. The van der Waals surface area contributed by atoms with E-state index in [1.807, 2.05) is 0 Å². The fourth-order valence-corrected chi connectivity index (χ4v) is 3.90. The van der Waals surface area contributed by atoms with Gasteiger partial charge in [-0.1, -0.05) is 23.4 Å². The van der Waals surface area contributed by atoms with Gasteiger partial charge in [-0.15, -0.1) is 5.11 Å². The quantitative estimate of drug-likeness (QED) is 0.186. The van der Waals surface area contributed by atoms with Gasteiger partial charge < -0.3 is 10.2 Å². The SMILES string of the molecule is Cc1nn(-c2cccc(S(=O)(=O)O)c2)c([O-])c1N=Nc1cc(Cl)cc(S(=O)(=O)O)c1[O-].[Na+].[Na+]. The second kappa shape index (κ2) is 11.1. The Hall–Kier alpha value is -1.04. The molecule has 1 aromatic heterocycles. The van der Waals surface area contributed by atoms with Crippen LogP contribution in [-0.2, 0) is 20.2 Å². The summed E-state index contributed by atoms with van der Waals surface area (Å²) in [6, 6.07) is 6.49. The van der Waals surface area contributed by atoms with Crippen LogP contribution in [0.1, 0.15) is 5.69 Å². The van der Waals surface area contributed by atoms with E-state index in [2.05, 4.69) is 15.3 Å². The first-order valence-corrected chi connectivity index (χ1v) is 11.3.